The van der Waals surface area contributed by atoms with Crippen molar-refractivity contribution < 1.29 is 9.84 Å². The van der Waals surface area contributed by atoms with E-state index in [-0.39, 0.29) is 30.3 Å². The molecule has 3 rings (SSSR count). The number of ether oxygens (including phenoxy) is 1. The summed E-state index contributed by atoms with van der Waals surface area (Å²) in [6, 6.07) is 7.10. The molecule has 32 heavy (non-hydrogen) atoms. The third-order valence-electron chi connectivity index (χ3n) is 5.17. The second-order valence-corrected chi connectivity index (χ2v) is 8.34. The van der Waals surface area contributed by atoms with Crippen molar-refractivity contribution in [3.05, 3.63) is 56.5 Å². The lowest BCUT2D eigenvalue weighted by molar-refractivity contribution is 0.282. The van der Waals surface area contributed by atoms with Crippen molar-refractivity contribution >= 4 is 16.9 Å². The van der Waals surface area contributed by atoms with E-state index >= 15 is 0 Å². The predicted molar refractivity (Wildman–Crippen MR) is 124 cm³/mol. The van der Waals surface area contributed by atoms with Gasteiger partial charge in [0.2, 0.25) is 0 Å². The SMILES string of the molecule is CC(C)Cn1c(=O)n(C)c(=O)c2nc(CCCCCO)c(COc3cccc(N)c3)nc21. The number of rotatable bonds is 10. The first kappa shape index (κ1) is 23.5. The molecule has 0 aliphatic rings. The first-order chi connectivity index (χ1) is 15.3. The molecule has 0 unspecified atom stereocenters. The Morgan fingerprint density at radius 1 is 1.12 bits per heavy atom. The third-order valence-corrected chi connectivity index (χ3v) is 5.17. The first-order valence-corrected chi connectivity index (χ1v) is 10.9. The second-order valence-electron chi connectivity index (χ2n) is 8.34. The van der Waals surface area contributed by atoms with Crippen molar-refractivity contribution in [2.24, 2.45) is 13.0 Å². The number of unbranched alkanes of at least 4 members (excludes halogenated alkanes) is 2. The average Bonchev–Trinajstić information content (AvgIpc) is 2.76. The topological polar surface area (TPSA) is 125 Å². The van der Waals surface area contributed by atoms with Crippen molar-refractivity contribution in [3.8, 4) is 5.75 Å². The Hall–Kier alpha value is -3.20. The number of aryl methyl sites for hydroxylation is 1. The smallest absolute Gasteiger partial charge is 0.332 e. The molecule has 0 fully saturated rings. The molecular formula is C23H31N5O4. The number of aliphatic hydroxyl groups is 1. The zero-order valence-electron chi connectivity index (χ0n) is 18.9. The summed E-state index contributed by atoms with van der Waals surface area (Å²) < 4.78 is 8.49. The molecular weight excluding hydrogens is 410 g/mol. The summed E-state index contributed by atoms with van der Waals surface area (Å²) in [5.41, 5.74) is 7.24. The summed E-state index contributed by atoms with van der Waals surface area (Å²) in [6.07, 6.45) is 2.91. The molecule has 2 heterocycles. The highest BCUT2D eigenvalue weighted by Gasteiger charge is 2.18. The van der Waals surface area contributed by atoms with E-state index in [9.17, 15) is 9.59 Å². The van der Waals surface area contributed by atoms with E-state index in [1.807, 2.05) is 13.8 Å². The number of nitrogens with two attached hydrogens (primary N) is 1. The molecule has 0 amide bonds. The highest BCUT2D eigenvalue weighted by atomic mass is 16.5. The molecule has 3 N–H and O–H groups in total. The number of nitrogens with zero attached hydrogens (tertiary/aromatic N) is 4. The van der Waals surface area contributed by atoms with Gasteiger partial charge < -0.3 is 15.6 Å². The van der Waals surface area contributed by atoms with Crippen LogP contribution < -0.4 is 21.7 Å². The van der Waals surface area contributed by atoms with E-state index in [0.717, 1.165) is 17.4 Å². The van der Waals surface area contributed by atoms with E-state index in [4.69, 9.17) is 20.6 Å². The predicted octanol–water partition coefficient (Wildman–Crippen LogP) is 2.01. The standard InChI is InChI=1S/C23H31N5O4/c1-15(2)13-28-21-20(22(30)27(3)23(28)31)25-18(10-5-4-6-11-29)19(26-21)14-32-17-9-7-8-16(24)12-17/h7-9,12,15,29H,4-6,10-11,13-14,24H2,1-3H3. The van der Waals surface area contributed by atoms with Gasteiger partial charge in [-0.3, -0.25) is 13.9 Å². The van der Waals surface area contributed by atoms with E-state index in [2.05, 4.69) is 4.98 Å². The fourth-order valence-corrected chi connectivity index (χ4v) is 3.53. The molecule has 0 radical (unpaired) electrons. The number of aromatic nitrogens is 4. The average molecular weight is 442 g/mol. The van der Waals surface area contributed by atoms with Gasteiger partial charge in [-0.25, -0.2) is 14.8 Å². The molecule has 0 saturated carbocycles. The largest absolute Gasteiger partial charge is 0.487 e. The van der Waals surface area contributed by atoms with Gasteiger partial charge in [0, 0.05) is 32.0 Å². The fraction of sp³-hybridized carbons (Fsp3) is 0.478. The number of nitrogen functional groups attached to an aromatic ring is 1. The number of hydrogen-bond donors (Lipinski definition) is 2. The molecule has 2 aromatic heterocycles. The lowest BCUT2D eigenvalue weighted by Gasteiger charge is -2.16. The van der Waals surface area contributed by atoms with Gasteiger partial charge in [0.25, 0.3) is 5.56 Å². The van der Waals surface area contributed by atoms with Crippen molar-refractivity contribution in [1.29, 1.82) is 0 Å². The minimum Gasteiger partial charge on any atom is -0.487 e. The highest BCUT2D eigenvalue weighted by molar-refractivity contribution is 5.69. The molecule has 0 spiro atoms. The quantitative estimate of drug-likeness (QED) is 0.364. The minimum absolute atomic E-state index is 0.132. The maximum Gasteiger partial charge on any atom is 0.332 e. The lowest BCUT2D eigenvalue weighted by atomic mass is 10.1. The monoisotopic (exact) mass is 441 g/mol. The molecule has 0 atom stereocenters. The number of benzene rings is 1. The molecule has 0 saturated heterocycles. The van der Waals surface area contributed by atoms with Gasteiger partial charge in [-0.2, -0.15) is 0 Å². The first-order valence-electron chi connectivity index (χ1n) is 10.9. The number of aliphatic hydroxyl groups excluding tert-OH is 1. The molecule has 9 heteroatoms. The fourth-order valence-electron chi connectivity index (χ4n) is 3.53. The molecule has 0 aliphatic heterocycles. The van der Waals surface area contributed by atoms with Gasteiger partial charge >= 0.3 is 5.69 Å². The van der Waals surface area contributed by atoms with Crippen LogP contribution in [0.4, 0.5) is 5.69 Å². The summed E-state index contributed by atoms with van der Waals surface area (Å²) in [5.74, 6) is 0.780. The maximum absolute atomic E-state index is 12.8. The van der Waals surface area contributed by atoms with E-state index in [1.54, 1.807) is 24.3 Å². The highest BCUT2D eigenvalue weighted by Crippen LogP contribution is 2.19. The van der Waals surface area contributed by atoms with Crippen molar-refractivity contribution in [3.63, 3.8) is 0 Å². The number of fused-ring (bicyclic) bond motifs is 1. The Labute approximate surface area is 186 Å². The van der Waals surface area contributed by atoms with Crippen molar-refractivity contribution in [1.82, 2.24) is 19.1 Å². The van der Waals surface area contributed by atoms with Gasteiger partial charge in [-0.15, -0.1) is 0 Å². The Morgan fingerprint density at radius 3 is 2.59 bits per heavy atom. The van der Waals surface area contributed by atoms with Gasteiger partial charge in [0.1, 0.15) is 18.1 Å². The summed E-state index contributed by atoms with van der Waals surface area (Å²) in [4.78, 5) is 35.0. The zero-order chi connectivity index (χ0) is 23.3. The van der Waals surface area contributed by atoms with E-state index in [1.165, 1.54) is 11.6 Å². The van der Waals surface area contributed by atoms with Crippen molar-refractivity contribution in [2.75, 3.05) is 12.3 Å². The molecule has 1 aromatic carbocycles. The molecule has 0 aliphatic carbocycles. The Bertz CT molecular complexity index is 1200. The second kappa shape index (κ2) is 10.4. The molecule has 3 aromatic rings. The van der Waals surface area contributed by atoms with E-state index in [0.29, 0.717) is 42.2 Å². The van der Waals surface area contributed by atoms with Crippen LogP contribution in [0.15, 0.2) is 33.9 Å². The van der Waals surface area contributed by atoms with Crippen LogP contribution in [0.1, 0.15) is 44.5 Å². The van der Waals surface area contributed by atoms with Crippen LogP contribution in [0, 0.1) is 5.92 Å². The van der Waals surface area contributed by atoms with Gasteiger partial charge in [-0.05, 0) is 37.3 Å². The molecule has 172 valence electrons. The molecule has 9 nitrogen and oxygen atoms in total. The van der Waals surface area contributed by atoms with Gasteiger partial charge in [0.15, 0.2) is 11.2 Å². The lowest BCUT2D eigenvalue weighted by Crippen LogP contribution is -2.40. The van der Waals surface area contributed by atoms with Gasteiger partial charge in [-0.1, -0.05) is 26.3 Å². The third kappa shape index (κ3) is 5.34. The zero-order valence-corrected chi connectivity index (χ0v) is 18.9. The van der Waals surface area contributed by atoms with Crippen molar-refractivity contribution in [2.45, 2.75) is 52.7 Å². The van der Waals surface area contributed by atoms with Crippen LogP contribution in [-0.4, -0.2) is 30.8 Å². The van der Waals surface area contributed by atoms with Crippen LogP contribution in [0.25, 0.3) is 11.2 Å². The number of anilines is 1. The Kier molecular flexibility index (Phi) is 7.63. The molecule has 0 bridgehead atoms. The Balaban J connectivity index is 2.09. The van der Waals surface area contributed by atoms with Crippen LogP contribution >= 0.6 is 0 Å². The van der Waals surface area contributed by atoms with Crippen LogP contribution in [-0.2, 0) is 26.6 Å². The normalized spacial score (nSPS) is 11.4. The summed E-state index contributed by atoms with van der Waals surface area (Å²) >= 11 is 0. The van der Waals surface area contributed by atoms with E-state index < -0.39 is 11.2 Å². The van der Waals surface area contributed by atoms with Gasteiger partial charge in [0.05, 0.1) is 5.69 Å². The van der Waals surface area contributed by atoms with Crippen LogP contribution in [0.2, 0.25) is 0 Å². The summed E-state index contributed by atoms with van der Waals surface area (Å²) in [5, 5.41) is 9.05. The van der Waals surface area contributed by atoms with Crippen LogP contribution in [0.3, 0.4) is 0 Å². The minimum atomic E-state index is -0.461. The Morgan fingerprint density at radius 2 is 1.91 bits per heavy atom. The maximum atomic E-state index is 12.8. The summed E-state index contributed by atoms with van der Waals surface area (Å²) in [7, 11) is 1.46. The van der Waals surface area contributed by atoms with Crippen LogP contribution in [0.5, 0.6) is 5.75 Å². The summed E-state index contributed by atoms with van der Waals surface area (Å²) in [6.45, 7) is 4.68. The number of hydrogen-bond acceptors (Lipinski definition) is 7.